The van der Waals surface area contributed by atoms with Gasteiger partial charge in [0.2, 0.25) is 0 Å². The van der Waals surface area contributed by atoms with Gasteiger partial charge in [0.25, 0.3) is 0 Å². The summed E-state index contributed by atoms with van der Waals surface area (Å²) in [5, 5.41) is 0. The maximum Gasteiger partial charge on any atom is 0.337 e. The third-order valence-corrected chi connectivity index (χ3v) is 2.35. The molecule has 1 aromatic heterocycles. The van der Waals surface area contributed by atoms with Crippen LogP contribution in [-0.4, -0.2) is 23.9 Å². The fourth-order valence-corrected chi connectivity index (χ4v) is 1.57. The Bertz CT molecular complexity index is 521. The van der Waals surface area contributed by atoms with E-state index in [4.69, 9.17) is 16.0 Å². The molecule has 0 saturated heterocycles. The highest BCUT2D eigenvalue weighted by atomic mass is 35.5. The van der Waals surface area contributed by atoms with Crippen LogP contribution >= 0.6 is 11.6 Å². The van der Waals surface area contributed by atoms with E-state index < -0.39 is 0 Å². The topological polar surface area (TPSA) is 52.3 Å². The van der Waals surface area contributed by atoms with Crippen molar-refractivity contribution in [3.8, 4) is 0 Å². The maximum absolute atomic E-state index is 11.3. The van der Waals surface area contributed by atoms with E-state index >= 15 is 0 Å². The summed E-state index contributed by atoms with van der Waals surface area (Å²) in [4.78, 5) is 15.5. The van der Waals surface area contributed by atoms with E-state index in [1.165, 1.54) is 7.11 Å². The number of methoxy groups -OCH3 is 1. The van der Waals surface area contributed by atoms with Gasteiger partial charge in [-0.05, 0) is 18.2 Å². The van der Waals surface area contributed by atoms with Gasteiger partial charge in [0.1, 0.15) is 5.52 Å². The Morgan fingerprint density at radius 1 is 1.56 bits per heavy atom. The lowest BCUT2D eigenvalue weighted by atomic mass is 10.2. The van der Waals surface area contributed by atoms with Gasteiger partial charge < -0.3 is 9.15 Å². The van der Waals surface area contributed by atoms with E-state index in [0.717, 1.165) is 0 Å². The first-order chi connectivity index (χ1) is 7.74. The Morgan fingerprint density at radius 2 is 2.38 bits per heavy atom. The van der Waals surface area contributed by atoms with Crippen LogP contribution in [0.5, 0.6) is 0 Å². The Balaban J connectivity index is 2.41. The molecule has 0 amide bonds. The standard InChI is InChI=1S/C11H10ClNO3/c1-15-11(14)7-2-3-9-8(6-7)13-10(16-9)4-5-12/h2-3,6H,4-5H2,1H3. The average Bonchev–Trinajstić information content (AvgIpc) is 2.69. The van der Waals surface area contributed by atoms with Crippen LogP contribution in [0.4, 0.5) is 0 Å². The van der Waals surface area contributed by atoms with Crippen molar-refractivity contribution in [2.24, 2.45) is 0 Å². The van der Waals surface area contributed by atoms with Gasteiger partial charge in [0.05, 0.1) is 12.7 Å². The van der Waals surface area contributed by atoms with Gasteiger partial charge in [-0.3, -0.25) is 0 Å². The van der Waals surface area contributed by atoms with E-state index in [1.54, 1.807) is 18.2 Å². The average molecular weight is 240 g/mol. The molecule has 0 fully saturated rings. The van der Waals surface area contributed by atoms with Gasteiger partial charge in [0.15, 0.2) is 11.5 Å². The molecule has 0 radical (unpaired) electrons. The molecular formula is C11H10ClNO3. The van der Waals surface area contributed by atoms with Gasteiger partial charge in [-0.25, -0.2) is 9.78 Å². The van der Waals surface area contributed by atoms with Crippen molar-refractivity contribution >= 4 is 28.7 Å². The molecule has 16 heavy (non-hydrogen) atoms. The predicted octanol–water partition coefficient (Wildman–Crippen LogP) is 2.40. The van der Waals surface area contributed by atoms with Crippen molar-refractivity contribution in [1.82, 2.24) is 4.98 Å². The summed E-state index contributed by atoms with van der Waals surface area (Å²) in [6.45, 7) is 0. The summed E-state index contributed by atoms with van der Waals surface area (Å²) in [6.07, 6.45) is 0.573. The van der Waals surface area contributed by atoms with Crippen molar-refractivity contribution in [1.29, 1.82) is 0 Å². The Hall–Kier alpha value is -1.55. The number of aryl methyl sites for hydroxylation is 1. The first kappa shape index (κ1) is 11.0. The lowest BCUT2D eigenvalue weighted by Crippen LogP contribution is -2.00. The summed E-state index contributed by atoms with van der Waals surface area (Å²) in [7, 11) is 1.34. The predicted molar refractivity (Wildman–Crippen MR) is 59.8 cm³/mol. The number of nitrogens with zero attached hydrogens (tertiary/aromatic N) is 1. The molecule has 1 heterocycles. The molecule has 0 saturated carbocycles. The molecule has 84 valence electrons. The number of hydrogen-bond donors (Lipinski definition) is 0. The molecule has 1 aromatic carbocycles. The number of carbonyl (C=O) groups is 1. The van der Waals surface area contributed by atoms with Gasteiger partial charge in [-0.15, -0.1) is 11.6 Å². The summed E-state index contributed by atoms with van der Waals surface area (Å²) in [5.74, 6) is 0.646. The molecular weight excluding hydrogens is 230 g/mol. The molecule has 5 heteroatoms. The number of fused-ring (bicyclic) bond motifs is 1. The zero-order valence-corrected chi connectivity index (χ0v) is 9.45. The van der Waals surface area contributed by atoms with Crippen LogP contribution in [0.2, 0.25) is 0 Å². The number of rotatable bonds is 3. The molecule has 0 aliphatic rings. The Morgan fingerprint density at radius 3 is 3.06 bits per heavy atom. The lowest BCUT2D eigenvalue weighted by Gasteiger charge is -1.96. The summed E-state index contributed by atoms with van der Waals surface area (Å²) < 4.78 is 10.1. The number of benzene rings is 1. The number of aromatic nitrogens is 1. The highest BCUT2D eigenvalue weighted by Crippen LogP contribution is 2.18. The largest absolute Gasteiger partial charge is 0.465 e. The minimum Gasteiger partial charge on any atom is -0.465 e. The number of oxazole rings is 1. The summed E-state index contributed by atoms with van der Waals surface area (Å²) in [6, 6.07) is 4.98. The van der Waals surface area contributed by atoms with Crippen LogP contribution in [0.1, 0.15) is 16.2 Å². The normalized spacial score (nSPS) is 10.6. The third-order valence-electron chi connectivity index (χ3n) is 2.16. The van der Waals surface area contributed by atoms with E-state index in [-0.39, 0.29) is 5.97 Å². The van der Waals surface area contributed by atoms with E-state index in [0.29, 0.717) is 34.9 Å². The number of hydrogen-bond acceptors (Lipinski definition) is 4. The van der Waals surface area contributed by atoms with E-state index in [2.05, 4.69) is 9.72 Å². The Kier molecular flexibility index (Phi) is 3.10. The molecule has 0 aliphatic heterocycles. The first-order valence-corrected chi connectivity index (χ1v) is 5.32. The summed E-state index contributed by atoms with van der Waals surface area (Å²) >= 11 is 5.59. The van der Waals surface area contributed by atoms with Gasteiger partial charge in [-0.1, -0.05) is 0 Å². The highest BCUT2D eigenvalue weighted by Gasteiger charge is 2.10. The molecule has 0 unspecified atom stereocenters. The van der Waals surface area contributed by atoms with Crippen LogP contribution in [0.3, 0.4) is 0 Å². The van der Waals surface area contributed by atoms with Crippen LogP contribution < -0.4 is 0 Å². The molecule has 0 N–H and O–H groups in total. The van der Waals surface area contributed by atoms with Gasteiger partial charge >= 0.3 is 5.97 Å². The van der Waals surface area contributed by atoms with Gasteiger partial charge in [0, 0.05) is 12.3 Å². The monoisotopic (exact) mass is 239 g/mol. The Labute approximate surface area is 97.2 Å². The van der Waals surface area contributed by atoms with Crippen molar-refractivity contribution in [2.75, 3.05) is 13.0 Å². The van der Waals surface area contributed by atoms with E-state index in [1.807, 2.05) is 0 Å². The minimum atomic E-state index is -0.385. The van der Waals surface area contributed by atoms with Crippen molar-refractivity contribution in [3.05, 3.63) is 29.7 Å². The van der Waals surface area contributed by atoms with Crippen LogP contribution in [-0.2, 0) is 11.2 Å². The zero-order chi connectivity index (χ0) is 11.5. The molecule has 0 bridgehead atoms. The molecule has 0 atom stereocenters. The van der Waals surface area contributed by atoms with Crippen molar-refractivity contribution in [2.45, 2.75) is 6.42 Å². The smallest absolute Gasteiger partial charge is 0.337 e. The number of carbonyl (C=O) groups excluding carboxylic acids is 1. The second-order valence-electron chi connectivity index (χ2n) is 3.22. The second-order valence-corrected chi connectivity index (χ2v) is 3.60. The van der Waals surface area contributed by atoms with Crippen molar-refractivity contribution < 1.29 is 13.9 Å². The molecule has 0 aliphatic carbocycles. The number of halogens is 1. The van der Waals surface area contributed by atoms with E-state index in [9.17, 15) is 4.79 Å². The van der Waals surface area contributed by atoms with Gasteiger partial charge in [-0.2, -0.15) is 0 Å². The number of esters is 1. The molecule has 2 rings (SSSR count). The number of ether oxygens (including phenoxy) is 1. The fourth-order valence-electron chi connectivity index (χ4n) is 1.41. The SMILES string of the molecule is COC(=O)c1ccc2oc(CCCl)nc2c1. The quantitative estimate of drug-likeness (QED) is 0.610. The minimum absolute atomic E-state index is 0.385. The first-order valence-electron chi connectivity index (χ1n) is 4.78. The number of alkyl halides is 1. The highest BCUT2D eigenvalue weighted by molar-refractivity contribution is 6.17. The van der Waals surface area contributed by atoms with Crippen LogP contribution in [0.25, 0.3) is 11.1 Å². The van der Waals surface area contributed by atoms with Crippen LogP contribution in [0, 0.1) is 0 Å². The molecule has 2 aromatic rings. The second kappa shape index (κ2) is 4.53. The van der Waals surface area contributed by atoms with Crippen LogP contribution in [0.15, 0.2) is 22.6 Å². The lowest BCUT2D eigenvalue weighted by molar-refractivity contribution is 0.0601. The van der Waals surface area contributed by atoms with Crippen molar-refractivity contribution in [3.63, 3.8) is 0 Å². The zero-order valence-electron chi connectivity index (χ0n) is 8.70. The maximum atomic E-state index is 11.3. The molecule has 4 nitrogen and oxygen atoms in total. The fraction of sp³-hybridized carbons (Fsp3) is 0.273. The molecule has 0 spiro atoms. The third kappa shape index (κ3) is 2.02. The summed E-state index contributed by atoms with van der Waals surface area (Å²) in [5.41, 5.74) is 1.75.